The Morgan fingerprint density at radius 2 is 2.05 bits per heavy atom. The number of nitrogens with one attached hydrogen (secondary N) is 1. The Hall–Kier alpha value is -1.20. The highest BCUT2D eigenvalue weighted by atomic mass is 32.1. The van der Waals surface area contributed by atoms with Gasteiger partial charge >= 0.3 is 0 Å². The van der Waals surface area contributed by atoms with Crippen LogP contribution in [-0.4, -0.2) is 42.1 Å². The lowest BCUT2D eigenvalue weighted by atomic mass is 10.1. The van der Waals surface area contributed by atoms with Gasteiger partial charge in [-0.05, 0) is 59.0 Å². The zero-order chi connectivity index (χ0) is 14.4. The summed E-state index contributed by atoms with van der Waals surface area (Å²) in [6.45, 7) is 5.98. The van der Waals surface area contributed by atoms with E-state index in [1.54, 1.807) is 0 Å². The first-order valence-corrected chi connectivity index (χ1v) is 6.99. The van der Waals surface area contributed by atoms with Crippen LogP contribution in [0.4, 0.5) is 5.82 Å². The number of thiocarbonyl (C=S) groups is 1. The number of unbranched alkanes of at least 4 members (excludes halogenated alkanes) is 1. The highest BCUT2D eigenvalue weighted by molar-refractivity contribution is 7.80. The van der Waals surface area contributed by atoms with E-state index in [0.717, 1.165) is 48.6 Å². The average Bonchev–Trinajstić information content (AvgIpc) is 2.26. The molecule has 0 aliphatic rings. The molecule has 0 saturated heterocycles. The highest BCUT2D eigenvalue weighted by Gasteiger charge is 2.10. The van der Waals surface area contributed by atoms with Gasteiger partial charge in [0.05, 0.1) is 5.56 Å². The summed E-state index contributed by atoms with van der Waals surface area (Å²) in [6, 6.07) is 2.01. The third kappa shape index (κ3) is 5.12. The number of hydrogen-bond donors (Lipinski definition) is 2. The number of pyridine rings is 1. The molecule has 0 atom stereocenters. The second kappa shape index (κ2) is 7.40. The molecule has 106 valence electrons. The summed E-state index contributed by atoms with van der Waals surface area (Å²) in [7, 11) is 4.17. The van der Waals surface area contributed by atoms with Crippen LogP contribution in [0.2, 0.25) is 0 Å². The van der Waals surface area contributed by atoms with Crippen molar-refractivity contribution < 1.29 is 0 Å². The van der Waals surface area contributed by atoms with Crippen molar-refractivity contribution in [2.75, 3.05) is 32.5 Å². The van der Waals surface area contributed by atoms with Gasteiger partial charge in [0.1, 0.15) is 10.8 Å². The first-order valence-electron chi connectivity index (χ1n) is 6.58. The molecule has 1 rings (SSSR count). The summed E-state index contributed by atoms with van der Waals surface area (Å²) in [5.41, 5.74) is 8.71. The molecule has 0 spiro atoms. The monoisotopic (exact) mass is 280 g/mol. The summed E-state index contributed by atoms with van der Waals surface area (Å²) < 4.78 is 0. The molecule has 0 amide bonds. The maximum Gasteiger partial charge on any atom is 0.136 e. The molecule has 4 nitrogen and oxygen atoms in total. The minimum atomic E-state index is 0.404. The van der Waals surface area contributed by atoms with E-state index >= 15 is 0 Å². The van der Waals surface area contributed by atoms with Crippen molar-refractivity contribution in [3.05, 3.63) is 22.9 Å². The second-order valence-electron chi connectivity index (χ2n) is 5.11. The number of nitrogens with two attached hydrogens (primary N) is 1. The van der Waals surface area contributed by atoms with Gasteiger partial charge in [-0.15, -0.1) is 0 Å². The minimum Gasteiger partial charge on any atom is -0.389 e. The molecule has 0 aromatic carbocycles. The average molecular weight is 280 g/mol. The first-order chi connectivity index (χ1) is 8.91. The maximum atomic E-state index is 5.78. The predicted molar refractivity (Wildman–Crippen MR) is 85.9 cm³/mol. The standard InChI is InChI=1S/C14H24N4S/c1-10-9-11(2)17-14(12(10)13(15)19)16-7-5-6-8-18(3)4/h9H,5-8H2,1-4H3,(H2,15,19)(H,16,17). The van der Waals surface area contributed by atoms with Crippen LogP contribution >= 0.6 is 12.2 Å². The van der Waals surface area contributed by atoms with Gasteiger partial charge in [0.2, 0.25) is 0 Å². The summed E-state index contributed by atoms with van der Waals surface area (Å²) in [5, 5.41) is 3.35. The van der Waals surface area contributed by atoms with Crippen LogP contribution in [0.1, 0.15) is 29.7 Å². The number of aromatic nitrogens is 1. The van der Waals surface area contributed by atoms with Gasteiger partial charge in [-0.2, -0.15) is 0 Å². The Kier molecular flexibility index (Phi) is 6.18. The third-order valence-electron chi connectivity index (χ3n) is 2.92. The van der Waals surface area contributed by atoms with Crippen LogP contribution in [-0.2, 0) is 0 Å². The molecular formula is C14H24N4S. The molecule has 0 unspecified atom stereocenters. The molecule has 3 N–H and O–H groups in total. The predicted octanol–water partition coefficient (Wildman–Crippen LogP) is 2.09. The van der Waals surface area contributed by atoms with E-state index in [-0.39, 0.29) is 0 Å². The number of anilines is 1. The summed E-state index contributed by atoms with van der Waals surface area (Å²) >= 11 is 5.11. The quantitative estimate of drug-likeness (QED) is 0.591. The number of nitrogens with zero attached hydrogens (tertiary/aromatic N) is 2. The number of rotatable bonds is 7. The van der Waals surface area contributed by atoms with Gasteiger partial charge in [0.25, 0.3) is 0 Å². The molecule has 0 aliphatic carbocycles. The lowest BCUT2D eigenvalue weighted by Gasteiger charge is -2.14. The highest BCUT2D eigenvalue weighted by Crippen LogP contribution is 2.18. The van der Waals surface area contributed by atoms with Crippen LogP contribution in [0.3, 0.4) is 0 Å². The summed E-state index contributed by atoms with van der Waals surface area (Å²) in [4.78, 5) is 7.09. The van der Waals surface area contributed by atoms with Crippen molar-refractivity contribution in [2.45, 2.75) is 26.7 Å². The molecule has 5 heteroatoms. The van der Waals surface area contributed by atoms with Gasteiger partial charge in [0.15, 0.2) is 0 Å². The largest absolute Gasteiger partial charge is 0.389 e. The third-order valence-corrected chi connectivity index (χ3v) is 3.12. The number of aryl methyl sites for hydroxylation is 2. The Labute approximate surface area is 121 Å². The fourth-order valence-corrected chi connectivity index (χ4v) is 2.29. The molecule has 0 bridgehead atoms. The zero-order valence-corrected chi connectivity index (χ0v) is 13.1. The molecule has 19 heavy (non-hydrogen) atoms. The Morgan fingerprint density at radius 3 is 2.63 bits per heavy atom. The van der Waals surface area contributed by atoms with Crippen molar-refractivity contribution in [1.82, 2.24) is 9.88 Å². The molecule has 1 heterocycles. The molecule has 0 fully saturated rings. The topological polar surface area (TPSA) is 54.2 Å². The Bertz CT molecular complexity index is 443. The molecular weight excluding hydrogens is 256 g/mol. The first kappa shape index (κ1) is 15.9. The SMILES string of the molecule is Cc1cc(C)c(C(N)=S)c(NCCCCN(C)C)n1. The fourth-order valence-electron chi connectivity index (χ4n) is 2.04. The lowest BCUT2D eigenvalue weighted by Crippen LogP contribution is -2.18. The van der Waals surface area contributed by atoms with Crippen molar-refractivity contribution in [3.8, 4) is 0 Å². The minimum absolute atomic E-state index is 0.404. The normalized spacial score (nSPS) is 10.8. The lowest BCUT2D eigenvalue weighted by molar-refractivity contribution is 0.396. The fraction of sp³-hybridized carbons (Fsp3) is 0.571. The van der Waals surface area contributed by atoms with E-state index in [2.05, 4.69) is 29.3 Å². The van der Waals surface area contributed by atoms with Crippen LogP contribution in [0.25, 0.3) is 0 Å². The Morgan fingerprint density at radius 1 is 1.37 bits per heavy atom. The Balaban J connectivity index is 2.64. The number of hydrogen-bond acceptors (Lipinski definition) is 4. The van der Waals surface area contributed by atoms with E-state index in [9.17, 15) is 0 Å². The van der Waals surface area contributed by atoms with Crippen molar-refractivity contribution >= 4 is 23.0 Å². The van der Waals surface area contributed by atoms with Crippen LogP contribution in [0.15, 0.2) is 6.07 Å². The summed E-state index contributed by atoms with van der Waals surface area (Å²) in [5.74, 6) is 0.815. The summed E-state index contributed by atoms with van der Waals surface area (Å²) in [6.07, 6.45) is 2.26. The molecule has 1 aromatic rings. The van der Waals surface area contributed by atoms with E-state index in [0.29, 0.717) is 4.99 Å². The van der Waals surface area contributed by atoms with Gasteiger partial charge in [-0.1, -0.05) is 12.2 Å². The van der Waals surface area contributed by atoms with E-state index in [4.69, 9.17) is 18.0 Å². The van der Waals surface area contributed by atoms with Crippen molar-refractivity contribution in [3.63, 3.8) is 0 Å². The molecule has 0 aliphatic heterocycles. The van der Waals surface area contributed by atoms with Gasteiger partial charge in [0, 0.05) is 12.2 Å². The van der Waals surface area contributed by atoms with Crippen LogP contribution < -0.4 is 11.1 Å². The van der Waals surface area contributed by atoms with Crippen molar-refractivity contribution in [1.29, 1.82) is 0 Å². The smallest absolute Gasteiger partial charge is 0.136 e. The molecule has 0 radical (unpaired) electrons. The van der Waals surface area contributed by atoms with Crippen molar-refractivity contribution in [2.24, 2.45) is 5.73 Å². The van der Waals surface area contributed by atoms with E-state index < -0.39 is 0 Å². The van der Waals surface area contributed by atoms with Crippen LogP contribution in [0, 0.1) is 13.8 Å². The van der Waals surface area contributed by atoms with Gasteiger partial charge in [-0.25, -0.2) is 4.98 Å². The van der Waals surface area contributed by atoms with Gasteiger partial charge in [-0.3, -0.25) is 0 Å². The maximum absolute atomic E-state index is 5.78. The van der Waals surface area contributed by atoms with Gasteiger partial charge < -0.3 is 16.0 Å². The second-order valence-corrected chi connectivity index (χ2v) is 5.55. The zero-order valence-electron chi connectivity index (χ0n) is 12.3. The van der Waals surface area contributed by atoms with E-state index in [1.165, 1.54) is 0 Å². The van der Waals surface area contributed by atoms with Crippen LogP contribution in [0.5, 0.6) is 0 Å². The molecule has 0 saturated carbocycles. The van der Waals surface area contributed by atoms with E-state index in [1.807, 2.05) is 19.9 Å². The molecule has 1 aromatic heterocycles.